The predicted octanol–water partition coefficient (Wildman–Crippen LogP) is 4.05. The van der Waals surface area contributed by atoms with Crippen LogP contribution in [0.2, 0.25) is 0 Å². The van der Waals surface area contributed by atoms with Gasteiger partial charge < -0.3 is 20.7 Å². The molecule has 1 fully saturated rings. The van der Waals surface area contributed by atoms with Crippen LogP contribution in [0.4, 0.5) is 4.79 Å². The van der Waals surface area contributed by atoms with Gasteiger partial charge in [-0.3, -0.25) is 9.89 Å². The number of halogens is 1. The summed E-state index contributed by atoms with van der Waals surface area (Å²) in [6, 6.07) is 4.34. The fourth-order valence-corrected chi connectivity index (χ4v) is 4.22. The van der Waals surface area contributed by atoms with Crippen LogP contribution in [0.3, 0.4) is 0 Å². The van der Waals surface area contributed by atoms with Gasteiger partial charge in [0.1, 0.15) is 5.60 Å². The van der Waals surface area contributed by atoms with E-state index in [-0.39, 0.29) is 24.0 Å². The third kappa shape index (κ3) is 11.4. The molecule has 0 spiro atoms. The number of hydrogen-bond acceptors (Lipinski definition) is 5. The number of likely N-dealkylation sites (tertiary alicyclic amines) is 1. The van der Waals surface area contributed by atoms with E-state index in [0.717, 1.165) is 25.6 Å². The summed E-state index contributed by atoms with van der Waals surface area (Å²) in [4.78, 5) is 20.4. The zero-order valence-corrected chi connectivity index (χ0v) is 22.9. The van der Waals surface area contributed by atoms with Crippen molar-refractivity contribution in [3.63, 3.8) is 0 Å². The Morgan fingerprint density at radius 2 is 2.03 bits per heavy atom. The van der Waals surface area contributed by atoms with Gasteiger partial charge in [-0.15, -0.1) is 35.3 Å². The summed E-state index contributed by atoms with van der Waals surface area (Å²) in [5.74, 6) is 1.36. The lowest BCUT2D eigenvalue weighted by molar-refractivity contribution is 0.0474. The molecule has 31 heavy (non-hydrogen) atoms. The summed E-state index contributed by atoms with van der Waals surface area (Å²) in [6.45, 7) is 14.2. The van der Waals surface area contributed by atoms with E-state index in [9.17, 15) is 4.79 Å². The first-order valence-electron chi connectivity index (χ1n) is 10.8. The van der Waals surface area contributed by atoms with Crippen LogP contribution in [0.15, 0.2) is 22.5 Å². The van der Waals surface area contributed by atoms with Crippen molar-refractivity contribution in [1.82, 2.24) is 20.9 Å². The number of hydrogen-bond donors (Lipinski definition) is 3. The van der Waals surface area contributed by atoms with Crippen molar-refractivity contribution < 1.29 is 9.53 Å². The molecule has 178 valence electrons. The number of amides is 1. The minimum absolute atomic E-state index is 0. The summed E-state index contributed by atoms with van der Waals surface area (Å²) in [6.07, 6.45) is 2.05. The summed E-state index contributed by atoms with van der Waals surface area (Å²) in [5.41, 5.74) is -0.981. The molecule has 1 aromatic rings. The van der Waals surface area contributed by atoms with Crippen LogP contribution < -0.4 is 16.0 Å². The molecular weight excluding hydrogens is 525 g/mol. The number of thiophene rings is 1. The van der Waals surface area contributed by atoms with Crippen LogP contribution in [-0.4, -0.2) is 61.3 Å². The van der Waals surface area contributed by atoms with E-state index in [1.54, 1.807) is 7.05 Å². The Labute approximate surface area is 208 Å². The molecule has 0 aromatic carbocycles. The first kappa shape index (κ1) is 28.0. The van der Waals surface area contributed by atoms with Gasteiger partial charge in [0.25, 0.3) is 0 Å². The number of nitrogens with one attached hydrogen (secondary N) is 3. The lowest BCUT2D eigenvalue weighted by Gasteiger charge is -2.33. The molecule has 7 nitrogen and oxygen atoms in total. The van der Waals surface area contributed by atoms with Gasteiger partial charge in [-0.25, -0.2) is 4.79 Å². The Morgan fingerprint density at radius 1 is 1.29 bits per heavy atom. The van der Waals surface area contributed by atoms with Crippen LogP contribution in [0.5, 0.6) is 0 Å². The Kier molecular flexibility index (Phi) is 11.6. The minimum Gasteiger partial charge on any atom is -0.444 e. The molecule has 0 aliphatic carbocycles. The second kappa shape index (κ2) is 12.8. The van der Waals surface area contributed by atoms with E-state index in [1.165, 1.54) is 24.3 Å². The van der Waals surface area contributed by atoms with Gasteiger partial charge in [-0.2, -0.15) is 0 Å². The fourth-order valence-electron chi connectivity index (χ4n) is 3.47. The third-order valence-corrected chi connectivity index (χ3v) is 5.74. The SMILES string of the molecule is CN=C(NCC1CCCN(Cc2cccs2)C1)NCC(C)(C)NC(=O)OC(C)(C)C.I. The van der Waals surface area contributed by atoms with Crippen molar-refractivity contribution in [3.05, 3.63) is 22.4 Å². The van der Waals surface area contributed by atoms with Gasteiger partial charge in [0.05, 0.1) is 5.54 Å². The number of nitrogens with zero attached hydrogens (tertiary/aromatic N) is 2. The van der Waals surface area contributed by atoms with E-state index in [2.05, 4.69) is 43.4 Å². The maximum Gasteiger partial charge on any atom is 0.408 e. The Balaban J connectivity index is 0.00000480. The zero-order chi connectivity index (χ0) is 22.2. The van der Waals surface area contributed by atoms with Crippen LogP contribution >= 0.6 is 35.3 Å². The van der Waals surface area contributed by atoms with Crippen molar-refractivity contribution in [1.29, 1.82) is 0 Å². The van der Waals surface area contributed by atoms with Crippen molar-refractivity contribution in [3.8, 4) is 0 Å². The molecule has 1 saturated heterocycles. The minimum atomic E-state index is -0.511. The van der Waals surface area contributed by atoms with Gasteiger partial charge in [0.15, 0.2) is 5.96 Å². The molecule has 2 rings (SSSR count). The summed E-state index contributed by atoms with van der Waals surface area (Å²) >= 11 is 1.83. The van der Waals surface area contributed by atoms with Crippen molar-refractivity contribution in [2.45, 2.75) is 65.1 Å². The van der Waals surface area contributed by atoms with Crippen molar-refractivity contribution in [2.24, 2.45) is 10.9 Å². The van der Waals surface area contributed by atoms with Crippen LogP contribution in [0, 0.1) is 5.92 Å². The predicted molar refractivity (Wildman–Crippen MR) is 141 cm³/mol. The molecule has 1 unspecified atom stereocenters. The Bertz CT molecular complexity index is 689. The van der Waals surface area contributed by atoms with E-state index in [1.807, 2.05) is 46.0 Å². The first-order valence-corrected chi connectivity index (χ1v) is 11.6. The first-order chi connectivity index (χ1) is 14.1. The molecule has 9 heteroatoms. The molecule has 1 atom stereocenters. The maximum absolute atomic E-state index is 12.1. The molecule has 0 bridgehead atoms. The monoisotopic (exact) mass is 565 g/mol. The number of carbonyl (C=O) groups excluding carboxylic acids is 1. The fraction of sp³-hybridized carbons (Fsp3) is 0.727. The molecule has 1 amide bonds. The number of piperidine rings is 1. The molecule has 1 aliphatic heterocycles. The second-order valence-corrected chi connectivity index (χ2v) is 10.7. The number of aliphatic imine (C=N–C) groups is 1. The highest BCUT2D eigenvalue weighted by molar-refractivity contribution is 14.0. The maximum atomic E-state index is 12.1. The zero-order valence-electron chi connectivity index (χ0n) is 19.8. The smallest absolute Gasteiger partial charge is 0.408 e. The molecule has 0 saturated carbocycles. The van der Waals surface area contributed by atoms with Gasteiger partial charge >= 0.3 is 6.09 Å². The van der Waals surface area contributed by atoms with Gasteiger partial charge in [0.2, 0.25) is 0 Å². The average Bonchev–Trinajstić information content (AvgIpc) is 3.13. The van der Waals surface area contributed by atoms with E-state index in [4.69, 9.17) is 4.74 Å². The Hall–Kier alpha value is -1.07. The number of rotatable bonds is 7. The van der Waals surface area contributed by atoms with Crippen LogP contribution in [-0.2, 0) is 11.3 Å². The highest BCUT2D eigenvalue weighted by atomic mass is 127. The van der Waals surface area contributed by atoms with Crippen molar-refractivity contribution >= 4 is 47.4 Å². The number of ether oxygens (including phenoxy) is 1. The largest absolute Gasteiger partial charge is 0.444 e. The number of guanidine groups is 1. The third-order valence-electron chi connectivity index (χ3n) is 4.88. The topological polar surface area (TPSA) is 78.0 Å². The molecule has 0 radical (unpaired) electrons. The lowest BCUT2D eigenvalue weighted by Crippen LogP contribution is -2.54. The summed E-state index contributed by atoms with van der Waals surface area (Å²) in [7, 11) is 1.77. The van der Waals surface area contributed by atoms with E-state index < -0.39 is 17.2 Å². The highest BCUT2D eigenvalue weighted by Crippen LogP contribution is 2.20. The van der Waals surface area contributed by atoms with Crippen molar-refractivity contribution in [2.75, 3.05) is 33.2 Å². The molecule has 1 aromatic heterocycles. The normalized spacial score (nSPS) is 18.1. The lowest BCUT2D eigenvalue weighted by atomic mass is 9.98. The standard InChI is InChI=1S/C22H39N5O2S.HI/c1-21(2,3)29-20(28)26-22(4,5)16-25-19(23-6)24-13-17-9-7-11-27(14-17)15-18-10-8-12-30-18;/h8,10,12,17H,7,9,11,13-16H2,1-6H3,(H,26,28)(H2,23,24,25);1H. The van der Waals surface area contributed by atoms with Gasteiger partial charge in [0, 0.05) is 38.1 Å². The Morgan fingerprint density at radius 3 is 2.65 bits per heavy atom. The van der Waals surface area contributed by atoms with Crippen LogP contribution in [0.1, 0.15) is 52.3 Å². The molecule has 3 N–H and O–H groups in total. The number of alkyl carbamates (subject to hydrolysis) is 1. The van der Waals surface area contributed by atoms with E-state index in [0.29, 0.717) is 12.5 Å². The highest BCUT2D eigenvalue weighted by Gasteiger charge is 2.25. The van der Waals surface area contributed by atoms with Gasteiger partial charge in [-0.1, -0.05) is 6.07 Å². The van der Waals surface area contributed by atoms with Gasteiger partial charge in [-0.05, 0) is 71.4 Å². The number of carbonyl (C=O) groups is 1. The quantitative estimate of drug-likeness (QED) is 0.264. The van der Waals surface area contributed by atoms with Crippen LogP contribution in [0.25, 0.3) is 0 Å². The average molecular weight is 566 g/mol. The molecular formula is C22H40IN5O2S. The summed E-state index contributed by atoms with van der Waals surface area (Å²) < 4.78 is 5.35. The molecule has 1 aliphatic rings. The summed E-state index contributed by atoms with van der Waals surface area (Å²) in [5, 5.41) is 11.8. The molecule has 2 heterocycles. The second-order valence-electron chi connectivity index (χ2n) is 9.64. The van der Waals surface area contributed by atoms with E-state index >= 15 is 0 Å².